The van der Waals surface area contributed by atoms with Gasteiger partial charge in [-0.25, -0.2) is 4.79 Å². The van der Waals surface area contributed by atoms with Crippen molar-refractivity contribution in [3.05, 3.63) is 65.2 Å². The van der Waals surface area contributed by atoms with Crippen molar-refractivity contribution in [2.45, 2.75) is 75.2 Å². The molecule has 2 fully saturated rings. The van der Waals surface area contributed by atoms with Gasteiger partial charge in [0.1, 0.15) is 0 Å². The summed E-state index contributed by atoms with van der Waals surface area (Å²) in [6.45, 7) is 12.1. The highest BCUT2D eigenvalue weighted by Crippen LogP contribution is 2.33. The van der Waals surface area contributed by atoms with E-state index in [0.29, 0.717) is 215 Å². The number of benzene rings is 2. The van der Waals surface area contributed by atoms with Crippen LogP contribution < -0.4 is 36.8 Å². The zero-order valence-electron chi connectivity index (χ0n) is 52.7. The zero-order chi connectivity index (χ0) is 64.3. The minimum atomic E-state index is -0.211. The van der Waals surface area contributed by atoms with Crippen molar-refractivity contribution in [1.82, 2.24) is 31.9 Å². The van der Waals surface area contributed by atoms with Gasteiger partial charge in [-0.1, -0.05) is 70.2 Å². The standard InChI is InChI=1S/C63H97N7O18S3/c71-57(12-6-5-11-56-62-54(50-89-56)68-63(76)69-62)64-19-24-78-28-32-82-36-35-81-31-27-77-23-17-59(73)67-22-48-91-90-47-18-60(74)66-21-26-80-30-34-84-38-40-86-42-44-88-46-45-87-43-41-85-39-37-83-33-29-79-25-20-65-58(72)15-16-61(75)70-49-53-9-2-1-7-51(53)13-14-52-8-3-4-10-55(52)70/h1-4,7-10,54,56,62H,5-6,11-12,15-50H2,(H,64,71)(H,65,72)(H,66,74)(H,67,73)(H2,68,69,76)/t54-,56-,62-/m0/s1. The lowest BCUT2D eigenvalue weighted by Crippen LogP contribution is -2.36. The fraction of sp³-hybridized carbons (Fsp3) is 0.683. The molecule has 3 aliphatic heterocycles. The number of carbonyl (C=O) groups excluding carboxylic acids is 6. The van der Waals surface area contributed by atoms with Gasteiger partial charge in [0, 0.05) is 91.9 Å². The van der Waals surface area contributed by atoms with Gasteiger partial charge in [-0.15, -0.1) is 0 Å². The predicted molar refractivity (Wildman–Crippen MR) is 349 cm³/mol. The van der Waals surface area contributed by atoms with Crippen molar-refractivity contribution < 1.29 is 85.6 Å². The van der Waals surface area contributed by atoms with Crippen LogP contribution in [-0.2, 0) is 87.4 Å². The highest BCUT2D eigenvalue weighted by molar-refractivity contribution is 8.76. The van der Waals surface area contributed by atoms with E-state index in [-0.39, 0.29) is 66.9 Å². The molecule has 510 valence electrons. The second-order valence-corrected chi connectivity index (χ2v) is 24.6. The molecule has 5 rings (SSSR count). The maximum absolute atomic E-state index is 13.3. The van der Waals surface area contributed by atoms with Crippen LogP contribution in [0.4, 0.5) is 10.5 Å². The van der Waals surface area contributed by atoms with Crippen LogP contribution in [0.2, 0.25) is 0 Å². The van der Waals surface area contributed by atoms with Crippen LogP contribution in [0.15, 0.2) is 48.5 Å². The average molecular weight is 1340 g/mol. The van der Waals surface area contributed by atoms with Crippen LogP contribution in [0.1, 0.15) is 68.1 Å². The lowest BCUT2D eigenvalue weighted by Gasteiger charge is -2.26. The summed E-state index contributed by atoms with van der Waals surface area (Å²) in [5, 5.41) is 17.8. The molecular formula is C63H97N7O18S3. The monoisotopic (exact) mass is 1340 g/mol. The number of anilines is 1. The van der Waals surface area contributed by atoms with E-state index in [2.05, 4.69) is 43.7 Å². The number of fused-ring (bicyclic) bond motifs is 3. The minimum Gasteiger partial charge on any atom is -0.379 e. The Morgan fingerprint density at radius 2 is 0.890 bits per heavy atom. The lowest BCUT2D eigenvalue weighted by molar-refractivity contribution is -0.125. The molecule has 91 heavy (non-hydrogen) atoms. The van der Waals surface area contributed by atoms with Crippen molar-refractivity contribution in [2.75, 3.05) is 207 Å². The smallest absolute Gasteiger partial charge is 0.315 e. The number of thioether (sulfide) groups is 1. The second kappa shape index (κ2) is 51.6. The van der Waals surface area contributed by atoms with Crippen molar-refractivity contribution in [3.63, 3.8) is 0 Å². The van der Waals surface area contributed by atoms with Gasteiger partial charge in [0.2, 0.25) is 29.5 Å². The Kier molecular flexibility index (Phi) is 43.6. The first kappa shape index (κ1) is 76.9. The molecule has 2 saturated heterocycles. The first-order valence-corrected chi connectivity index (χ1v) is 35.2. The maximum atomic E-state index is 13.3. The summed E-state index contributed by atoms with van der Waals surface area (Å²) < 4.78 is 66.3. The minimum absolute atomic E-state index is 0.0235. The molecule has 3 atom stereocenters. The Hall–Kier alpha value is -4.81. The van der Waals surface area contributed by atoms with Gasteiger partial charge >= 0.3 is 6.03 Å². The topological polar surface area (TPSA) is 289 Å². The first-order valence-electron chi connectivity index (χ1n) is 31.7. The predicted octanol–water partition coefficient (Wildman–Crippen LogP) is 3.26. The molecule has 0 aromatic heterocycles. The van der Waals surface area contributed by atoms with Crippen molar-refractivity contribution in [2.24, 2.45) is 0 Å². The number of amides is 7. The second-order valence-electron chi connectivity index (χ2n) is 20.7. The van der Waals surface area contributed by atoms with Crippen LogP contribution in [0.3, 0.4) is 0 Å². The highest BCUT2D eigenvalue weighted by Gasteiger charge is 2.42. The van der Waals surface area contributed by atoms with Gasteiger partial charge in [-0.2, -0.15) is 11.8 Å². The molecule has 25 nitrogen and oxygen atoms in total. The number of hydrogen-bond acceptors (Lipinski definition) is 21. The Morgan fingerprint density at radius 1 is 0.462 bits per heavy atom. The molecule has 7 amide bonds. The van der Waals surface area contributed by atoms with Gasteiger partial charge in [0.15, 0.2) is 0 Å². The summed E-state index contributed by atoms with van der Waals surface area (Å²) in [4.78, 5) is 75.4. The number of nitrogens with one attached hydrogen (secondary N) is 6. The van der Waals surface area contributed by atoms with Gasteiger partial charge in [-0.3, -0.25) is 24.0 Å². The summed E-state index contributed by atoms with van der Waals surface area (Å²) in [7, 11) is 3.20. The van der Waals surface area contributed by atoms with Gasteiger partial charge in [0.05, 0.1) is 183 Å². The normalized spacial score (nSPS) is 15.5. The van der Waals surface area contributed by atoms with Crippen molar-refractivity contribution in [3.8, 4) is 11.8 Å². The van der Waals surface area contributed by atoms with E-state index in [9.17, 15) is 28.8 Å². The van der Waals surface area contributed by atoms with Crippen molar-refractivity contribution >= 4 is 74.6 Å². The Balaban J connectivity index is 0.640. The number of ether oxygens (including phenoxy) is 12. The average Bonchev–Trinajstić information content (AvgIpc) is 1.92. The van der Waals surface area contributed by atoms with E-state index in [0.717, 1.165) is 53.1 Å². The SMILES string of the molecule is O=C(CCCC[C@@H]1SC[C@@H]2NC(=O)N[C@@H]21)NCCOCCOCCOCCOCCC(=O)NCCSSCCC(=O)NCCOCCOCCOCCOCCOCCOCCOCCOCCNC(=O)CCC(=O)N1Cc2ccccc2C#Cc2ccccc21. The quantitative estimate of drug-likeness (QED) is 0.0240. The number of para-hydroxylation sites is 1. The molecule has 0 unspecified atom stereocenters. The molecule has 0 spiro atoms. The van der Waals surface area contributed by atoms with E-state index in [1.54, 1.807) is 26.5 Å². The molecular weight excluding hydrogens is 1240 g/mol. The van der Waals surface area contributed by atoms with E-state index >= 15 is 0 Å². The molecule has 0 saturated carbocycles. The number of carbonyl (C=O) groups is 6. The van der Waals surface area contributed by atoms with Crippen LogP contribution in [0, 0.1) is 11.8 Å². The lowest BCUT2D eigenvalue weighted by atomic mass is 10.0. The fourth-order valence-electron chi connectivity index (χ4n) is 9.03. The van der Waals surface area contributed by atoms with Crippen LogP contribution in [-0.4, -0.2) is 255 Å². The number of nitrogens with zero attached hydrogens (tertiary/aromatic N) is 1. The number of hydrogen-bond donors (Lipinski definition) is 6. The van der Waals surface area contributed by atoms with Gasteiger partial charge in [0.25, 0.3) is 0 Å². The maximum Gasteiger partial charge on any atom is 0.315 e. The van der Waals surface area contributed by atoms with Crippen molar-refractivity contribution in [1.29, 1.82) is 0 Å². The third kappa shape index (κ3) is 37.0. The van der Waals surface area contributed by atoms with Crippen LogP contribution in [0.25, 0.3) is 0 Å². The van der Waals surface area contributed by atoms with E-state index < -0.39 is 0 Å². The molecule has 0 radical (unpaired) electrons. The fourth-order valence-corrected chi connectivity index (χ4v) is 12.5. The van der Waals surface area contributed by atoms with Crippen LogP contribution in [0.5, 0.6) is 0 Å². The van der Waals surface area contributed by atoms with Gasteiger partial charge < -0.3 is 93.6 Å². The first-order chi connectivity index (χ1) is 44.8. The molecule has 2 aromatic rings. The molecule has 0 bridgehead atoms. The molecule has 3 aliphatic rings. The summed E-state index contributed by atoms with van der Waals surface area (Å²) in [6, 6.07) is 15.7. The Bertz CT molecular complexity index is 2420. The molecule has 2 aromatic carbocycles. The number of rotatable bonds is 57. The summed E-state index contributed by atoms with van der Waals surface area (Å²) in [6.07, 6.45) is 4.07. The van der Waals surface area contributed by atoms with E-state index in [1.807, 2.05) is 60.3 Å². The van der Waals surface area contributed by atoms with Gasteiger partial charge in [-0.05, 0) is 36.6 Å². The number of unbranched alkanes of at least 4 members (excludes halogenated alkanes) is 1. The molecule has 6 N–H and O–H groups in total. The number of urea groups is 1. The summed E-state index contributed by atoms with van der Waals surface area (Å²) >= 11 is 1.89. The Morgan fingerprint density at radius 3 is 1.44 bits per heavy atom. The third-order valence-corrected chi connectivity index (χ3v) is 17.6. The Labute approximate surface area is 548 Å². The zero-order valence-corrected chi connectivity index (χ0v) is 55.1. The molecule has 0 aliphatic carbocycles. The van der Waals surface area contributed by atoms with E-state index in [1.165, 1.54) is 0 Å². The highest BCUT2D eigenvalue weighted by atomic mass is 33.1. The summed E-state index contributed by atoms with van der Waals surface area (Å²) in [5.41, 5.74) is 3.37. The summed E-state index contributed by atoms with van der Waals surface area (Å²) in [5.74, 6) is 8.29. The molecule has 28 heteroatoms. The molecule has 3 heterocycles. The van der Waals surface area contributed by atoms with E-state index in [4.69, 9.17) is 56.8 Å². The third-order valence-electron chi connectivity index (χ3n) is 13.7. The van der Waals surface area contributed by atoms with Crippen LogP contribution >= 0.6 is 33.3 Å². The largest absolute Gasteiger partial charge is 0.379 e.